The lowest BCUT2D eigenvalue weighted by Crippen LogP contribution is -2.42. The minimum absolute atomic E-state index is 0.164. The number of aryl methyl sites for hydroxylation is 1. The molecule has 3 amide bonds. The van der Waals surface area contributed by atoms with Gasteiger partial charge >= 0.3 is 0 Å². The monoisotopic (exact) mass is 482 g/mol. The van der Waals surface area contributed by atoms with E-state index in [1.807, 2.05) is 55.5 Å². The first-order valence-corrected chi connectivity index (χ1v) is 11.8. The van der Waals surface area contributed by atoms with Gasteiger partial charge in [0.15, 0.2) is 0 Å². The molecule has 35 heavy (non-hydrogen) atoms. The molecular weight excluding hydrogens is 460 g/mol. The van der Waals surface area contributed by atoms with E-state index in [2.05, 4.69) is 0 Å². The Morgan fingerprint density at radius 1 is 0.829 bits per heavy atom. The second kappa shape index (κ2) is 9.35. The van der Waals surface area contributed by atoms with Crippen LogP contribution in [-0.2, 0) is 0 Å². The molecule has 1 heterocycles. The molecule has 0 atom stereocenters. The van der Waals surface area contributed by atoms with Crippen LogP contribution < -0.4 is 4.90 Å². The average molecular weight is 483 g/mol. The summed E-state index contributed by atoms with van der Waals surface area (Å²) in [6.45, 7) is 2.50. The number of amides is 3. The summed E-state index contributed by atoms with van der Waals surface area (Å²) in [5.41, 5.74) is 3.33. The molecule has 0 saturated heterocycles. The molecule has 4 aromatic carbocycles. The Hall–Kier alpha value is -3.96. The van der Waals surface area contributed by atoms with E-state index in [9.17, 15) is 14.4 Å². The summed E-state index contributed by atoms with van der Waals surface area (Å²) < 4.78 is 0. The fourth-order valence-electron chi connectivity index (χ4n) is 4.62. The molecule has 0 saturated carbocycles. The van der Waals surface area contributed by atoms with Gasteiger partial charge in [-0.15, -0.1) is 0 Å². The number of para-hydroxylation sites is 1. The van der Waals surface area contributed by atoms with E-state index in [-0.39, 0.29) is 24.3 Å². The van der Waals surface area contributed by atoms with Crippen LogP contribution in [0.25, 0.3) is 10.8 Å². The van der Waals surface area contributed by atoms with E-state index in [1.165, 1.54) is 4.90 Å². The van der Waals surface area contributed by atoms with Gasteiger partial charge in [-0.3, -0.25) is 19.3 Å². The van der Waals surface area contributed by atoms with Crippen molar-refractivity contribution >= 4 is 45.8 Å². The smallest absolute Gasteiger partial charge is 0.261 e. The van der Waals surface area contributed by atoms with E-state index in [0.29, 0.717) is 40.1 Å². The van der Waals surface area contributed by atoms with Crippen LogP contribution in [0.5, 0.6) is 0 Å². The van der Waals surface area contributed by atoms with E-state index < -0.39 is 0 Å². The summed E-state index contributed by atoms with van der Waals surface area (Å²) >= 11 is 6.01. The van der Waals surface area contributed by atoms with Gasteiger partial charge < -0.3 is 4.90 Å². The standard InChI is InChI=1S/C29H23ClN2O3/c1-19-7-2-3-12-25(19)31(27(33)21-13-15-22(30)16-14-21)17-6-18-32-28(34)23-10-4-8-20-9-5-11-24(26(20)23)29(32)35/h2-5,7-16H,6,17-18H2,1H3. The summed E-state index contributed by atoms with van der Waals surface area (Å²) in [6.07, 6.45) is 0.434. The highest BCUT2D eigenvalue weighted by Gasteiger charge is 2.32. The highest BCUT2D eigenvalue weighted by Crippen LogP contribution is 2.30. The number of benzene rings is 4. The Labute approximate surface area is 208 Å². The van der Waals surface area contributed by atoms with E-state index in [1.54, 1.807) is 41.3 Å². The lowest BCUT2D eigenvalue weighted by molar-refractivity contribution is 0.0610. The predicted octanol–water partition coefficient (Wildman–Crippen LogP) is 6.13. The zero-order chi connectivity index (χ0) is 24.5. The Morgan fingerprint density at radius 3 is 2.09 bits per heavy atom. The third kappa shape index (κ3) is 4.19. The van der Waals surface area contributed by atoms with Crippen LogP contribution in [0.1, 0.15) is 43.1 Å². The molecule has 4 aromatic rings. The second-order valence-corrected chi connectivity index (χ2v) is 9.01. The largest absolute Gasteiger partial charge is 0.308 e. The van der Waals surface area contributed by atoms with Crippen LogP contribution in [-0.4, -0.2) is 35.7 Å². The number of imide groups is 1. The van der Waals surface area contributed by atoms with Gasteiger partial charge in [-0.2, -0.15) is 0 Å². The molecule has 5 nitrogen and oxygen atoms in total. The minimum Gasteiger partial charge on any atom is -0.308 e. The molecule has 0 fully saturated rings. The fraction of sp³-hybridized carbons (Fsp3) is 0.138. The number of carbonyl (C=O) groups excluding carboxylic acids is 3. The summed E-state index contributed by atoms with van der Waals surface area (Å²) in [6, 6.07) is 25.4. The molecule has 0 unspecified atom stereocenters. The van der Waals surface area contributed by atoms with Gasteiger partial charge in [0.1, 0.15) is 0 Å². The number of hydrogen-bond acceptors (Lipinski definition) is 3. The minimum atomic E-state index is -0.300. The number of carbonyl (C=O) groups is 3. The van der Waals surface area contributed by atoms with Gasteiger partial charge in [-0.05, 0) is 66.8 Å². The Morgan fingerprint density at radius 2 is 1.46 bits per heavy atom. The summed E-state index contributed by atoms with van der Waals surface area (Å²) in [4.78, 5) is 42.9. The summed E-state index contributed by atoms with van der Waals surface area (Å²) in [5.74, 6) is -0.765. The van der Waals surface area contributed by atoms with Crippen molar-refractivity contribution in [3.63, 3.8) is 0 Å². The van der Waals surface area contributed by atoms with Crippen molar-refractivity contribution in [1.29, 1.82) is 0 Å². The SMILES string of the molecule is Cc1ccccc1N(CCCN1C(=O)c2cccc3cccc(c23)C1=O)C(=O)c1ccc(Cl)cc1. The molecule has 0 aromatic heterocycles. The maximum Gasteiger partial charge on any atom is 0.261 e. The lowest BCUT2D eigenvalue weighted by Gasteiger charge is -2.29. The van der Waals surface area contributed by atoms with Crippen LogP contribution in [0, 0.1) is 6.92 Å². The van der Waals surface area contributed by atoms with Crippen molar-refractivity contribution in [2.24, 2.45) is 0 Å². The van der Waals surface area contributed by atoms with Gasteiger partial charge in [-0.25, -0.2) is 0 Å². The van der Waals surface area contributed by atoms with Crippen LogP contribution in [0.2, 0.25) is 5.02 Å². The molecule has 0 bridgehead atoms. The summed E-state index contributed by atoms with van der Waals surface area (Å²) in [7, 11) is 0. The molecular formula is C29H23ClN2O3. The first-order chi connectivity index (χ1) is 17.0. The van der Waals surface area contributed by atoms with E-state index >= 15 is 0 Å². The number of nitrogens with zero attached hydrogens (tertiary/aromatic N) is 2. The number of halogens is 1. The number of rotatable bonds is 6. The maximum atomic E-state index is 13.4. The van der Waals surface area contributed by atoms with Gasteiger partial charge in [0.2, 0.25) is 0 Å². The van der Waals surface area contributed by atoms with E-state index in [0.717, 1.165) is 16.6 Å². The molecule has 0 N–H and O–H groups in total. The van der Waals surface area contributed by atoms with Crippen molar-refractivity contribution < 1.29 is 14.4 Å². The highest BCUT2D eigenvalue weighted by molar-refractivity contribution is 6.30. The third-order valence-corrected chi connectivity index (χ3v) is 6.61. The fourth-order valence-corrected chi connectivity index (χ4v) is 4.74. The zero-order valence-corrected chi connectivity index (χ0v) is 20.0. The zero-order valence-electron chi connectivity index (χ0n) is 19.2. The lowest BCUT2D eigenvalue weighted by atomic mass is 9.94. The van der Waals surface area contributed by atoms with Gasteiger partial charge in [0, 0.05) is 45.9 Å². The van der Waals surface area contributed by atoms with Crippen molar-refractivity contribution in [1.82, 2.24) is 4.90 Å². The van der Waals surface area contributed by atoms with Crippen molar-refractivity contribution in [2.45, 2.75) is 13.3 Å². The van der Waals surface area contributed by atoms with Crippen LogP contribution >= 0.6 is 11.6 Å². The molecule has 0 spiro atoms. The molecule has 6 heteroatoms. The average Bonchev–Trinajstić information content (AvgIpc) is 2.87. The van der Waals surface area contributed by atoms with Gasteiger partial charge in [-0.1, -0.05) is 54.1 Å². The maximum absolute atomic E-state index is 13.4. The van der Waals surface area contributed by atoms with Crippen LogP contribution in [0.3, 0.4) is 0 Å². The molecule has 0 radical (unpaired) electrons. The predicted molar refractivity (Wildman–Crippen MR) is 138 cm³/mol. The Balaban J connectivity index is 1.39. The van der Waals surface area contributed by atoms with Gasteiger partial charge in [0.05, 0.1) is 0 Å². The number of hydrogen-bond donors (Lipinski definition) is 0. The molecule has 1 aliphatic heterocycles. The van der Waals surface area contributed by atoms with Crippen LogP contribution in [0.15, 0.2) is 84.9 Å². The third-order valence-electron chi connectivity index (χ3n) is 6.36. The van der Waals surface area contributed by atoms with Crippen molar-refractivity contribution in [3.8, 4) is 0 Å². The normalized spacial score (nSPS) is 12.8. The Kier molecular flexibility index (Phi) is 6.10. The molecule has 1 aliphatic rings. The van der Waals surface area contributed by atoms with E-state index in [4.69, 9.17) is 11.6 Å². The topological polar surface area (TPSA) is 57.7 Å². The first kappa shape index (κ1) is 22.8. The Bertz CT molecular complexity index is 1410. The first-order valence-electron chi connectivity index (χ1n) is 11.5. The van der Waals surface area contributed by atoms with Crippen molar-refractivity contribution in [3.05, 3.63) is 112 Å². The highest BCUT2D eigenvalue weighted by atomic mass is 35.5. The number of anilines is 1. The second-order valence-electron chi connectivity index (χ2n) is 8.57. The van der Waals surface area contributed by atoms with Gasteiger partial charge in [0.25, 0.3) is 17.7 Å². The molecule has 174 valence electrons. The quantitative estimate of drug-likeness (QED) is 0.310. The molecule has 0 aliphatic carbocycles. The summed E-state index contributed by atoms with van der Waals surface area (Å²) in [5, 5.41) is 2.14. The van der Waals surface area contributed by atoms with Crippen molar-refractivity contribution in [2.75, 3.05) is 18.0 Å². The van der Waals surface area contributed by atoms with Crippen LogP contribution in [0.4, 0.5) is 5.69 Å². The molecule has 5 rings (SSSR count).